The number of ether oxygens (including phenoxy) is 2. The summed E-state index contributed by atoms with van der Waals surface area (Å²) in [5.41, 5.74) is 4.74. The van der Waals surface area contributed by atoms with Gasteiger partial charge in [-0.15, -0.1) is 24.5 Å². The molecular formula is C26H40Cl2HfN2O2. The molecule has 0 aliphatic carbocycles. The molecule has 2 aliphatic heterocycles. The van der Waals surface area contributed by atoms with Crippen molar-refractivity contribution < 1.29 is 60.1 Å². The van der Waals surface area contributed by atoms with Gasteiger partial charge in [0.1, 0.15) is 0 Å². The van der Waals surface area contributed by atoms with Crippen molar-refractivity contribution in [1.29, 1.82) is 0 Å². The second kappa shape index (κ2) is 26.0. The smallest absolute Gasteiger partial charge is 1.00 e. The number of nitrogens with zero attached hydrogens (tertiary/aromatic N) is 2. The summed E-state index contributed by atoms with van der Waals surface area (Å²) >= 11 is 0. The molecular weight excluding hydrogens is 622 g/mol. The fourth-order valence-electron chi connectivity index (χ4n) is 2.84. The minimum absolute atomic E-state index is 0. The third-order valence-corrected chi connectivity index (χ3v) is 4.54. The van der Waals surface area contributed by atoms with Gasteiger partial charge in [0.05, 0.1) is 0 Å². The standard InChI is InChI=1S/2C9H12N.2C4H8O.2ClH.Hf/c2*1-3-10-9-7-5-4-6-8(9)2;2*1-2-4-5-3-1;;;/h2*4-7H,3H2,1-2H3;2*1-4H2;2*1H;/q2*-1;;;;;+4/p-2. The molecule has 0 unspecified atom stereocenters. The Morgan fingerprint density at radius 2 is 0.909 bits per heavy atom. The summed E-state index contributed by atoms with van der Waals surface area (Å²) < 4.78 is 9.89. The molecule has 184 valence electrons. The summed E-state index contributed by atoms with van der Waals surface area (Å²) in [5, 5.41) is 8.61. The van der Waals surface area contributed by atoms with Crippen LogP contribution in [0.3, 0.4) is 0 Å². The van der Waals surface area contributed by atoms with Crippen LogP contribution in [0.5, 0.6) is 0 Å². The van der Waals surface area contributed by atoms with Crippen LogP contribution in [0, 0.1) is 13.8 Å². The first-order valence-corrected chi connectivity index (χ1v) is 11.3. The third kappa shape index (κ3) is 19.4. The van der Waals surface area contributed by atoms with Crippen LogP contribution >= 0.6 is 0 Å². The van der Waals surface area contributed by atoms with Crippen LogP contribution in [0.1, 0.15) is 50.7 Å². The van der Waals surface area contributed by atoms with Gasteiger partial charge in [-0.25, -0.2) is 0 Å². The molecule has 2 aromatic carbocycles. The van der Waals surface area contributed by atoms with Crippen LogP contribution in [0.25, 0.3) is 10.6 Å². The van der Waals surface area contributed by atoms with E-state index in [4.69, 9.17) is 9.47 Å². The number of para-hydroxylation sites is 2. The quantitative estimate of drug-likeness (QED) is 0.469. The van der Waals surface area contributed by atoms with E-state index in [-0.39, 0.29) is 50.7 Å². The molecule has 2 fully saturated rings. The molecule has 2 heterocycles. The molecule has 33 heavy (non-hydrogen) atoms. The van der Waals surface area contributed by atoms with E-state index in [1.807, 2.05) is 50.2 Å². The maximum Gasteiger partial charge on any atom is 4.00 e. The SMILES string of the molecule is C1CCOC1.C1CCOC1.CC[N-]c1ccccc1C.CC[N-]c1ccccc1C.[Cl-].[Cl-].[Hf+4]. The van der Waals surface area contributed by atoms with Gasteiger partial charge in [0, 0.05) is 26.4 Å². The average molecular weight is 662 g/mol. The fourth-order valence-corrected chi connectivity index (χ4v) is 2.84. The minimum Gasteiger partial charge on any atom is -1.00 e. The van der Waals surface area contributed by atoms with E-state index in [2.05, 4.69) is 36.6 Å². The Kier molecular flexibility index (Phi) is 29.2. The second-order valence-electron chi connectivity index (χ2n) is 7.16. The Labute approximate surface area is 233 Å². The average Bonchev–Trinajstić information content (AvgIpc) is 3.52. The molecule has 4 nitrogen and oxygen atoms in total. The van der Waals surface area contributed by atoms with E-state index >= 15 is 0 Å². The van der Waals surface area contributed by atoms with Gasteiger partial charge in [-0.2, -0.15) is 0 Å². The van der Waals surface area contributed by atoms with Crippen LogP contribution in [0.15, 0.2) is 48.5 Å². The van der Waals surface area contributed by atoms with Gasteiger partial charge in [0.15, 0.2) is 0 Å². The molecule has 2 saturated heterocycles. The van der Waals surface area contributed by atoms with E-state index in [1.54, 1.807) is 0 Å². The molecule has 0 N–H and O–H groups in total. The normalized spacial score (nSPS) is 13.0. The zero-order valence-electron chi connectivity index (χ0n) is 20.7. The predicted molar refractivity (Wildman–Crippen MR) is 130 cm³/mol. The van der Waals surface area contributed by atoms with Gasteiger partial charge in [-0.1, -0.05) is 73.5 Å². The maximum absolute atomic E-state index is 4.94. The molecule has 0 atom stereocenters. The Morgan fingerprint density at radius 3 is 1.12 bits per heavy atom. The van der Waals surface area contributed by atoms with Gasteiger partial charge in [-0.3, -0.25) is 0 Å². The number of hydrogen-bond donors (Lipinski definition) is 0. The van der Waals surface area contributed by atoms with Crippen molar-refractivity contribution >= 4 is 11.4 Å². The molecule has 0 radical (unpaired) electrons. The molecule has 4 rings (SSSR count). The fraction of sp³-hybridized carbons (Fsp3) is 0.538. The number of benzene rings is 2. The van der Waals surface area contributed by atoms with Gasteiger partial charge >= 0.3 is 25.8 Å². The monoisotopic (exact) mass is 662 g/mol. The molecule has 0 saturated carbocycles. The van der Waals surface area contributed by atoms with Crippen molar-refractivity contribution in [2.24, 2.45) is 0 Å². The topological polar surface area (TPSA) is 46.7 Å². The number of rotatable bonds is 4. The summed E-state index contributed by atoms with van der Waals surface area (Å²) in [6.45, 7) is 14.0. The molecule has 0 aromatic heterocycles. The zero-order chi connectivity index (χ0) is 21.9. The summed E-state index contributed by atoms with van der Waals surface area (Å²) in [7, 11) is 0. The van der Waals surface area contributed by atoms with Gasteiger partial charge in [0.25, 0.3) is 0 Å². The van der Waals surface area contributed by atoms with Crippen molar-refractivity contribution in [2.45, 2.75) is 53.4 Å². The summed E-state index contributed by atoms with van der Waals surface area (Å²) in [4.78, 5) is 0. The first-order chi connectivity index (χ1) is 14.7. The van der Waals surface area contributed by atoms with Gasteiger partial charge < -0.3 is 44.9 Å². The Bertz CT molecular complexity index is 598. The molecule has 7 heteroatoms. The molecule has 0 spiro atoms. The van der Waals surface area contributed by atoms with Crippen LogP contribution in [-0.4, -0.2) is 39.5 Å². The van der Waals surface area contributed by atoms with Crippen molar-refractivity contribution in [1.82, 2.24) is 0 Å². The predicted octanol–water partition coefficient (Wildman–Crippen LogP) is 1.64. The zero-order valence-corrected chi connectivity index (χ0v) is 25.8. The van der Waals surface area contributed by atoms with Crippen LogP contribution in [0.2, 0.25) is 0 Å². The number of hydrogen-bond acceptors (Lipinski definition) is 2. The van der Waals surface area contributed by atoms with E-state index in [9.17, 15) is 0 Å². The van der Waals surface area contributed by atoms with E-state index < -0.39 is 0 Å². The number of halogens is 2. The molecule has 2 aromatic rings. The van der Waals surface area contributed by atoms with Crippen molar-refractivity contribution in [3.63, 3.8) is 0 Å². The summed E-state index contributed by atoms with van der Waals surface area (Å²) in [6.07, 6.45) is 5.11. The van der Waals surface area contributed by atoms with E-state index in [1.165, 1.54) is 36.8 Å². The van der Waals surface area contributed by atoms with Gasteiger partial charge in [0.2, 0.25) is 0 Å². The Morgan fingerprint density at radius 1 is 0.606 bits per heavy atom. The maximum atomic E-state index is 4.94. The van der Waals surface area contributed by atoms with E-state index in [0.717, 1.165) is 50.9 Å². The first-order valence-electron chi connectivity index (χ1n) is 11.3. The Balaban J connectivity index is -0.000000368. The van der Waals surface area contributed by atoms with Crippen LogP contribution in [-0.2, 0) is 35.3 Å². The van der Waals surface area contributed by atoms with Crippen molar-refractivity contribution in [3.05, 3.63) is 70.3 Å². The summed E-state index contributed by atoms with van der Waals surface area (Å²) in [6, 6.07) is 16.3. The third-order valence-electron chi connectivity index (χ3n) is 4.54. The van der Waals surface area contributed by atoms with Crippen molar-refractivity contribution in [3.8, 4) is 0 Å². The van der Waals surface area contributed by atoms with Crippen LogP contribution < -0.4 is 24.8 Å². The minimum atomic E-state index is 0. The largest absolute Gasteiger partial charge is 4.00 e. The van der Waals surface area contributed by atoms with Crippen molar-refractivity contribution in [2.75, 3.05) is 39.5 Å². The summed E-state index contributed by atoms with van der Waals surface area (Å²) in [5.74, 6) is 0. The molecule has 2 aliphatic rings. The molecule has 0 bridgehead atoms. The Hall–Kier alpha value is -0.590. The van der Waals surface area contributed by atoms with Crippen LogP contribution in [0.4, 0.5) is 11.4 Å². The second-order valence-corrected chi connectivity index (χ2v) is 7.16. The molecule has 0 amide bonds. The first kappa shape index (κ1) is 37.0. The number of aryl methyl sites for hydroxylation is 2. The van der Waals surface area contributed by atoms with Gasteiger partial charge in [-0.05, 0) is 39.5 Å². The van der Waals surface area contributed by atoms with E-state index in [0.29, 0.717) is 0 Å².